The van der Waals surface area contributed by atoms with Gasteiger partial charge < -0.3 is 19.7 Å². The van der Waals surface area contributed by atoms with E-state index in [1.54, 1.807) is 0 Å². The SMILES string of the molecule is CN(C)c1cccc(C(=O)NCCCOCC2CCCO2)c1. The van der Waals surface area contributed by atoms with Crippen LogP contribution in [-0.2, 0) is 9.47 Å². The zero-order valence-electron chi connectivity index (χ0n) is 13.5. The van der Waals surface area contributed by atoms with Crippen molar-refractivity contribution in [3.63, 3.8) is 0 Å². The highest BCUT2D eigenvalue weighted by molar-refractivity contribution is 5.95. The third-order valence-corrected chi connectivity index (χ3v) is 3.70. The number of amides is 1. The van der Waals surface area contributed by atoms with E-state index >= 15 is 0 Å². The van der Waals surface area contributed by atoms with Crippen molar-refractivity contribution in [3.8, 4) is 0 Å². The Morgan fingerprint density at radius 1 is 1.45 bits per heavy atom. The molecule has 1 saturated heterocycles. The van der Waals surface area contributed by atoms with Crippen LogP contribution in [0.25, 0.3) is 0 Å². The van der Waals surface area contributed by atoms with Gasteiger partial charge in [0.2, 0.25) is 0 Å². The average molecular weight is 306 g/mol. The number of nitrogens with one attached hydrogen (secondary N) is 1. The van der Waals surface area contributed by atoms with Gasteiger partial charge in [-0.1, -0.05) is 6.07 Å². The Hall–Kier alpha value is -1.59. The molecule has 122 valence electrons. The molecule has 22 heavy (non-hydrogen) atoms. The number of carbonyl (C=O) groups excluding carboxylic acids is 1. The van der Waals surface area contributed by atoms with Crippen molar-refractivity contribution in [1.82, 2.24) is 5.32 Å². The van der Waals surface area contributed by atoms with Gasteiger partial charge in [-0.2, -0.15) is 0 Å². The number of nitrogens with zero attached hydrogens (tertiary/aromatic N) is 1. The lowest BCUT2D eigenvalue weighted by Crippen LogP contribution is -2.26. The monoisotopic (exact) mass is 306 g/mol. The number of hydrogen-bond acceptors (Lipinski definition) is 4. The molecule has 0 saturated carbocycles. The summed E-state index contributed by atoms with van der Waals surface area (Å²) in [5.41, 5.74) is 1.71. The topological polar surface area (TPSA) is 50.8 Å². The van der Waals surface area contributed by atoms with E-state index in [4.69, 9.17) is 9.47 Å². The molecule has 5 heteroatoms. The van der Waals surface area contributed by atoms with Crippen molar-refractivity contribution in [2.24, 2.45) is 0 Å². The summed E-state index contributed by atoms with van der Waals surface area (Å²) in [5.74, 6) is -0.0390. The maximum absolute atomic E-state index is 12.1. The maximum Gasteiger partial charge on any atom is 0.251 e. The lowest BCUT2D eigenvalue weighted by Gasteiger charge is -2.13. The Morgan fingerprint density at radius 3 is 3.05 bits per heavy atom. The van der Waals surface area contributed by atoms with Gasteiger partial charge in [0.1, 0.15) is 0 Å². The summed E-state index contributed by atoms with van der Waals surface area (Å²) in [6.07, 6.45) is 3.31. The number of ether oxygens (including phenoxy) is 2. The van der Waals surface area contributed by atoms with Crippen LogP contribution in [0.15, 0.2) is 24.3 Å². The van der Waals surface area contributed by atoms with Gasteiger partial charge in [0.15, 0.2) is 0 Å². The number of benzene rings is 1. The van der Waals surface area contributed by atoms with Gasteiger partial charge in [-0.15, -0.1) is 0 Å². The summed E-state index contributed by atoms with van der Waals surface area (Å²) >= 11 is 0. The Labute approximate surface area is 132 Å². The van der Waals surface area contributed by atoms with Gasteiger partial charge >= 0.3 is 0 Å². The molecule has 1 amide bonds. The van der Waals surface area contributed by atoms with Gasteiger partial charge in [-0.25, -0.2) is 0 Å². The first kappa shape index (κ1) is 16.8. The van der Waals surface area contributed by atoms with Crippen LogP contribution in [0.4, 0.5) is 5.69 Å². The Bertz CT molecular complexity index is 471. The number of anilines is 1. The van der Waals surface area contributed by atoms with Crippen molar-refractivity contribution >= 4 is 11.6 Å². The predicted molar refractivity (Wildman–Crippen MR) is 87.5 cm³/mol. The maximum atomic E-state index is 12.1. The second-order valence-corrected chi connectivity index (χ2v) is 5.76. The zero-order chi connectivity index (χ0) is 15.8. The summed E-state index contributed by atoms with van der Waals surface area (Å²) < 4.78 is 11.1. The molecule has 0 radical (unpaired) electrons. The minimum absolute atomic E-state index is 0.0390. The molecule has 0 spiro atoms. The minimum Gasteiger partial charge on any atom is -0.379 e. The first-order valence-corrected chi connectivity index (χ1v) is 7.92. The number of carbonyl (C=O) groups is 1. The summed E-state index contributed by atoms with van der Waals surface area (Å²) in [6.45, 7) is 2.79. The van der Waals surface area contributed by atoms with E-state index in [-0.39, 0.29) is 12.0 Å². The molecular weight excluding hydrogens is 280 g/mol. The van der Waals surface area contributed by atoms with Crippen molar-refractivity contribution in [3.05, 3.63) is 29.8 Å². The first-order valence-electron chi connectivity index (χ1n) is 7.92. The molecule has 1 N–H and O–H groups in total. The lowest BCUT2D eigenvalue weighted by atomic mass is 10.2. The fourth-order valence-corrected chi connectivity index (χ4v) is 2.39. The highest BCUT2D eigenvalue weighted by atomic mass is 16.5. The number of hydrogen-bond donors (Lipinski definition) is 1. The van der Waals surface area contributed by atoms with E-state index < -0.39 is 0 Å². The van der Waals surface area contributed by atoms with Crippen LogP contribution in [0.5, 0.6) is 0 Å². The molecule has 0 bridgehead atoms. The van der Waals surface area contributed by atoms with Crippen molar-refractivity contribution in [1.29, 1.82) is 0 Å². The number of rotatable bonds is 8. The zero-order valence-corrected chi connectivity index (χ0v) is 13.5. The van der Waals surface area contributed by atoms with Crippen molar-refractivity contribution < 1.29 is 14.3 Å². The molecular formula is C17H26N2O3. The third kappa shape index (κ3) is 5.31. The highest BCUT2D eigenvalue weighted by Gasteiger charge is 2.15. The first-order chi connectivity index (χ1) is 10.7. The van der Waals surface area contributed by atoms with E-state index in [9.17, 15) is 4.79 Å². The molecule has 1 fully saturated rings. The van der Waals surface area contributed by atoms with Gasteiger partial charge in [-0.05, 0) is 37.5 Å². The Kier molecular flexibility index (Phi) is 6.68. The van der Waals surface area contributed by atoms with E-state index in [2.05, 4.69) is 5.32 Å². The van der Waals surface area contributed by atoms with Crippen LogP contribution in [0, 0.1) is 0 Å². The smallest absolute Gasteiger partial charge is 0.251 e. The molecule has 2 rings (SSSR count). The van der Waals surface area contributed by atoms with Crippen LogP contribution in [0.3, 0.4) is 0 Å². The molecule has 1 heterocycles. The van der Waals surface area contributed by atoms with Crippen molar-refractivity contribution in [2.75, 3.05) is 45.4 Å². The predicted octanol–water partition coefficient (Wildman–Crippen LogP) is 2.07. The molecule has 1 aliphatic rings. The van der Waals surface area contributed by atoms with E-state index in [0.29, 0.717) is 25.3 Å². The molecule has 1 aliphatic heterocycles. The van der Waals surface area contributed by atoms with Crippen LogP contribution in [0.2, 0.25) is 0 Å². The fraction of sp³-hybridized carbons (Fsp3) is 0.588. The van der Waals surface area contributed by atoms with Crippen LogP contribution in [-0.4, -0.2) is 52.5 Å². The lowest BCUT2D eigenvalue weighted by molar-refractivity contribution is 0.0166. The average Bonchev–Trinajstić information content (AvgIpc) is 3.04. The van der Waals surface area contributed by atoms with E-state index in [0.717, 1.165) is 31.6 Å². The van der Waals surface area contributed by atoms with Gasteiger partial charge in [0.25, 0.3) is 5.91 Å². The van der Waals surface area contributed by atoms with Gasteiger partial charge in [-0.3, -0.25) is 4.79 Å². The normalized spacial score (nSPS) is 17.5. The fourth-order valence-electron chi connectivity index (χ4n) is 2.39. The van der Waals surface area contributed by atoms with Gasteiger partial charge in [0.05, 0.1) is 12.7 Å². The van der Waals surface area contributed by atoms with Crippen LogP contribution < -0.4 is 10.2 Å². The minimum atomic E-state index is -0.0390. The summed E-state index contributed by atoms with van der Waals surface area (Å²) in [5, 5.41) is 2.92. The van der Waals surface area contributed by atoms with Crippen molar-refractivity contribution in [2.45, 2.75) is 25.4 Å². The second kappa shape index (κ2) is 8.76. The standard InChI is InChI=1S/C17H26N2O3/c1-19(2)15-7-3-6-14(12-15)17(20)18-9-5-10-21-13-16-8-4-11-22-16/h3,6-7,12,16H,4-5,8-11,13H2,1-2H3,(H,18,20). The van der Waals surface area contributed by atoms with Crippen LogP contribution >= 0.6 is 0 Å². The second-order valence-electron chi connectivity index (χ2n) is 5.76. The van der Waals surface area contributed by atoms with E-state index in [1.165, 1.54) is 0 Å². The Morgan fingerprint density at radius 2 is 2.32 bits per heavy atom. The highest BCUT2D eigenvalue weighted by Crippen LogP contribution is 2.13. The van der Waals surface area contributed by atoms with E-state index in [1.807, 2.05) is 43.3 Å². The van der Waals surface area contributed by atoms with Crippen LogP contribution in [0.1, 0.15) is 29.6 Å². The summed E-state index contributed by atoms with van der Waals surface area (Å²) in [6, 6.07) is 7.60. The Balaban J connectivity index is 1.62. The van der Waals surface area contributed by atoms with Gasteiger partial charge in [0, 0.05) is 45.1 Å². The molecule has 1 aromatic carbocycles. The molecule has 0 aliphatic carbocycles. The summed E-state index contributed by atoms with van der Waals surface area (Å²) in [4.78, 5) is 14.1. The third-order valence-electron chi connectivity index (χ3n) is 3.70. The molecule has 5 nitrogen and oxygen atoms in total. The largest absolute Gasteiger partial charge is 0.379 e. The molecule has 1 atom stereocenters. The summed E-state index contributed by atoms with van der Waals surface area (Å²) in [7, 11) is 3.92. The molecule has 1 unspecified atom stereocenters. The molecule has 0 aromatic heterocycles. The quantitative estimate of drug-likeness (QED) is 0.747. The molecule has 1 aromatic rings.